The predicted octanol–water partition coefficient (Wildman–Crippen LogP) is 3.91. The SMILES string of the molecule is Cc1ccc2nc(NC(=O)CN3c4cccc5cccc(c45)S3(=O)=O)sc2c1. The third-order valence-corrected chi connectivity index (χ3v) is 7.49. The first-order valence-corrected chi connectivity index (χ1v) is 10.9. The van der Waals surface area contributed by atoms with Crippen molar-refractivity contribution in [2.45, 2.75) is 11.8 Å². The van der Waals surface area contributed by atoms with Gasteiger partial charge < -0.3 is 5.32 Å². The van der Waals surface area contributed by atoms with Gasteiger partial charge in [0.25, 0.3) is 10.0 Å². The van der Waals surface area contributed by atoms with Crippen LogP contribution in [0.2, 0.25) is 0 Å². The van der Waals surface area contributed by atoms with Crippen molar-refractivity contribution >= 4 is 59.1 Å². The van der Waals surface area contributed by atoms with Crippen LogP contribution in [0.3, 0.4) is 0 Å². The summed E-state index contributed by atoms with van der Waals surface area (Å²) in [6.07, 6.45) is 0. The van der Waals surface area contributed by atoms with Crippen molar-refractivity contribution in [2.24, 2.45) is 0 Å². The summed E-state index contributed by atoms with van der Waals surface area (Å²) in [5.41, 5.74) is 2.45. The van der Waals surface area contributed by atoms with Gasteiger partial charge in [-0.25, -0.2) is 13.4 Å². The number of thiazole rings is 1. The van der Waals surface area contributed by atoms with E-state index in [9.17, 15) is 13.2 Å². The molecule has 0 spiro atoms. The van der Waals surface area contributed by atoms with Crippen molar-refractivity contribution in [3.8, 4) is 0 Å². The number of aromatic nitrogens is 1. The van der Waals surface area contributed by atoms with Crippen LogP contribution in [0.1, 0.15) is 5.56 Å². The zero-order valence-corrected chi connectivity index (χ0v) is 16.5. The molecule has 1 aromatic heterocycles. The number of anilines is 2. The number of nitrogens with zero attached hydrogens (tertiary/aromatic N) is 2. The Labute approximate surface area is 165 Å². The van der Waals surface area contributed by atoms with Crippen LogP contribution in [-0.2, 0) is 14.8 Å². The number of fused-ring (bicyclic) bond motifs is 1. The van der Waals surface area contributed by atoms with Crippen LogP contribution in [0.4, 0.5) is 10.8 Å². The van der Waals surface area contributed by atoms with Gasteiger partial charge in [0.15, 0.2) is 5.13 Å². The zero-order chi connectivity index (χ0) is 19.5. The van der Waals surface area contributed by atoms with Crippen LogP contribution in [0.5, 0.6) is 0 Å². The number of hydrogen-bond donors (Lipinski definition) is 1. The molecule has 2 heterocycles. The number of sulfonamides is 1. The second kappa shape index (κ2) is 6.02. The normalized spacial score (nSPS) is 14.7. The molecule has 8 heteroatoms. The smallest absolute Gasteiger partial charge is 0.265 e. The van der Waals surface area contributed by atoms with E-state index < -0.39 is 15.9 Å². The largest absolute Gasteiger partial charge is 0.300 e. The monoisotopic (exact) mass is 409 g/mol. The number of aryl methyl sites for hydroxylation is 1. The summed E-state index contributed by atoms with van der Waals surface area (Å²) in [6.45, 7) is 1.69. The molecule has 0 unspecified atom stereocenters. The standard InChI is InChI=1S/C20H15N3O3S2/c1-12-8-9-14-16(10-12)27-20(21-14)22-18(24)11-23-15-6-2-4-13-5-3-7-17(19(13)15)28(23,25)26/h2-10H,11H2,1H3,(H,21,22,24). The van der Waals surface area contributed by atoms with E-state index in [1.807, 2.05) is 37.3 Å². The summed E-state index contributed by atoms with van der Waals surface area (Å²) in [4.78, 5) is 17.3. The molecule has 28 heavy (non-hydrogen) atoms. The first-order chi connectivity index (χ1) is 13.4. The van der Waals surface area contributed by atoms with E-state index in [1.165, 1.54) is 11.3 Å². The van der Waals surface area contributed by atoms with Gasteiger partial charge in [-0.2, -0.15) is 0 Å². The lowest BCUT2D eigenvalue weighted by molar-refractivity contribution is -0.114. The predicted molar refractivity (Wildman–Crippen MR) is 111 cm³/mol. The number of hydrogen-bond acceptors (Lipinski definition) is 5. The minimum absolute atomic E-state index is 0.240. The highest BCUT2D eigenvalue weighted by Crippen LogP contribution is 2.41. The molecule has 1 aliphatic heterocycles. The van der Waals surface area contributed by atoms with Gasteiger partial charge in [-0.3, -0.25) is 9.10 Å². The Morgan fingerprint density at radius 2 is 1.93 bits per heavy atom. The lowest BCUT2D eigenvalue weighted by Crippen LogP contribution is -2.35. The molecular formula is C20H15N3O3S2. The summed E-state index contributed by atoms with van der Waals surface area (Å²) in [5, 5.41) is 4.69. The van der Waals surface area contributed by atoms with Crippen LogP contribution in [0, 0.1) is 6.92 Å². The summed E-state index contributed by atoms with van der Waals surface area (Å²) in [5.74, 6) is -0.427. The average Bonchev–Trinajstić information content (AvgIpc) is 3.14. The summed E-state index contributed by atoms with van der Waals surface area (Å²) < 4.78 is 28.1. The van der Waals surface area contributed by atoms with Crippen molar-refractivity contribution in [1.29, 1.82) is 0 Å². The van der Waals surface area contributed by atoms with Gasteiger partial charge in [0.1, 0.15) is 6.54 Å². The molecule has 0 aliphatic carbocycles. The van der Waals surface area contributed by atoms with E-state index in [-0.39, 0.29) is 11.4 Å². The van der Waals surface area contributed by atoms with Crippen LogP contribution in [0.15, 0.2) is 59.5 Å². The van der Waals surface area contributed by atoms with Gasteiger partial charge >= 0.3 is 0 Å². The van der Waals surface area contributed by atoms with Crippen molar-refractivity contribution in [2.75, 3.05) is 16.2 Å². The van der Waals surface area contributed by atoms with E-state index in [0.717, 1.165) is 25.5 Å². The molecular weight excluding hydrogens is 394 g/mol. The highest BCUT2D eigenvalue weighted by molar-refractivity contribution is 7.93. The quantitative estimate of drug-likeness (QED) is 0.556. The molecule has 4 aromatic rings. The van der Waals surface area contributed by atoms with Crippen molar-refractivity contribution in [3.05, 3.63) is 60.2 Å². The number of amides is 1. The molecule has 140 valence electrons. The maximum Gasteiger partial charge on any atom is 0.265 e. The Balaban J connectivity index is 1.46. The Morgan fingerprint density at radius 3 is 2.75 bits per heavy atom. The van der Waals surface area contributed by atoms with Crippen LogP contribution < -0.4 is 9.62 Å². The zero-order valence-electron chi connectivity index (χ0n) is 14.8. The first-order valence-electron chi connectivity index (χ1n) is 8.65. The number of benzene rings is 3. The van der Waals surface area contributed by atoms with E-state index in [0.29, 0.717) is 16.2 Å². The van der Waals surface area contributed by atoms with Crippen LogP contribution >= 0.6 is 11.3 Å². The number of carbonyl (C=O) groups excluding carboxylic acids is 1. The van der Waals surface area contributed by atoms with Gasteiger partial charge in [-0.1, -0.05) is 41.7 Å². The van der Waals surface area contributed by atoms with Crippen molar-refractivity contribution in [1.82, 2.24) is 4.98 Å². The molecule has 0 fully saturated rings. The first kappa shape index (κ1) is 17.2. The number of carbonyl (C=O) groups is 1. The molecule has 5 rings (SSSR count). The molecule has 1 N–H and O–H groups in total. The van der Waals surface area contributed by atoms with Gasteiger partial charge in [-0.05, 0) is 42.1 Å². The fraction of sp³-hybridized carbons (Fsp3) is 0.100. The Hall–Kier alpha value is -2.97. The minimum Gasteiger partial charge on any atom is -0.300 e. The molecule has 1 amide bonds. The van der Waals surface area contributed by atoms with Crippen LogP contribution in [-0.4, -0.2) is 25.9 Å². The highest BCUT2D eigenvalue weighted by atomic mass is 32.2. The Bertz CT molecular complexity index is 1370. The summed E-state index contributed by atoms with van der Waals surface area (Å²) in [6, 6.07) is 16.4. The number of rotatable bonds is 3. The average molecular weight is 409 g/mol. The van der Waals surface area contributed by atoms with Crippen molar-refractivity contribution in [3.63, 3.8) is 0 Å². The summed E-state index contributed by atoms with van der Waals surface area (Å²) >= 11 is 1.37. The maximum atomic E-state index is 13.0. The summed E-state index contributed by atoms with van der Waals surface area (Å²) in [7, 11) is -3.76. The van der Waals surface area contributed by atoms with E-state index >= 15 is 0 Å². The fourth-order valence-corrected chi connectivity index (χ4v) is 6.15. The Kier molecular flexibility index (Phi) is 3.68. The minimum atomic E-state index is -3.76. The highest BCUT2D eigenvalue weighted by Gasteiger charge is 2.36. The molecule has 0 radical (unpaired) electrons. The lowest BCUT2D eigenvalue weighted by atomic mass is 10.1. The van der Waals surface area contributed by atoms with E-state index in [4.69, 9.17) is 0 Å². The third-order valence-electron chi connectivity index (χ3n) is 4.76. The van der Waals surface area contributed by atoms with Gasteiger partial charge in [0.05, 0.1) is 20.8 Å². The van der Waals surface area contributed by atoms with Gasteiger partial charge in [0.2, 0.25) is 5.91 Å². The maximum absolute atomic E-state index is 13.0. The van der Waals surface area contributed by atoms with E-state index in [1.54, 1.807) is 24.3 Å². The molecule has 0 atom stereocenters. The van der Waals surface area contributed by atoms with Gasteiger partial charge in [-0.15, -0.1) is 0 Å². The molecule has 0 saturated carbocycles. The fourth-order valence-electron chi connectivity index (χ4n) is 3.50. The topological polar surface area (TPSA) is 79.4 Å². The van der Waals surface area contributed by atoms with E-state index in [2.05, 4.69) is 10.3 Å². The van der Waals surface area contributed by atoms with Crippen molar-refractivity contribution < 1.29 is 13.2 Å². The van der Waals surface area contributed by atoms with Crippen LogP contribution in [0.25, 0.3) is 21.0 Å². The second-order valence-electron chi connectivity index (χ2n) is 6.68. The lowest BCUT2D eigenvalue weighted by Gasteiger charge is -2.17. The molecule has 3 aromatic carbocycles. The Morgan fingerprint density at radius 1 is 1.14 bits per heavy atom. The molecule has 1 aliphatic rings. The molecule has 0 bridgehead atoms. The second-order valence-corrected chi connectivity index (χ2v) is 9.54. The molecule has 6 nitrogen and oxygen atoms in total. The third kappa shape index (κ3) is 2.56. The van der Waals surface area contributed by atoms with Gasteiger partial charge in [0, 0.05) is 5.39 Å². The molecule has 0 saturated heterocycles. The number of nitrogens with one attached hydrogen (secondary N) is 1.